The molecule has 0 unspecified atom stereocenters. The number of Topliss-reactive ketones (excluding diaryl/α,β-unsaturated/α-hetero) is 1. The summed E-state index contributed by atoms with van der Waals surface area (Å²) < 4.78 is 0. The Hall–Kier alpha value is -3.10. The minimum atomic E-state index is -3.16. The van der Waals surface area contributed by atoms with Crippen molar-refractivity contribution in [2.45, 2.75) is 63.5 Å². The first kappa shape index (κ1) is 29.9. The lowest BCUT2D eigenvalue weighted by atomic mass is 9.99. The lowest BCUT2D eigenvalue weighted by molar-refractivity contribution is -0.119. The van der Waals surface area contributed by atoms with Crippen LogP contribution in [0.15, 0.2) is 121 Å². The Labute approximate surface area is 241 Å². The van der Waals surface area contributed by atoms with Crippen molar-refractivity contribution in [3.05, 3.63) is 121 Å². The van der Waals surface area contributed by atoms with Crippen LogP contribution in [0.1, 0.15) is 53.4 Å². The molecule has 4 aromatic carbocycles. The summed E-state index contributed by atoms with van der Waals surface area (Å²) in [6.45, 7) is 8.42. The van der Waals surface area contributed by atoms with Crippen LogP contribution in [0.5, 0.6) is 0 Å². The molecule has 0 atom stereocenters. The van der Waals surface area contributed by atoms with Crippen LogP contribution in [0.25, 0.3) is 0 Å². The zero-order valence-corrected chi connectivity index (χ0v) is 26.2. The van der Waals surface area contributed by atoms with Crippen molar-refractivity contribution in [1.82, 2.24) is 0 Å². The van der Waals surface area contributed by atoms with Gasteiger partial charge < -0.3 is 9.59 Å². The Balaban J connectivity index is 1.52. The summed E-state index contributed by atoms with van der Waals surface area (Å²) in [5.74, 6) is 0.177. The maximum atomic E-state index is 13.4. The average molecular weight is 567 g/mol. The number of rotatable bonds is 12. The first-order valence-corrected chi connectivity index (χ1v) is 18.1. The number of ketones is 1. The van der Waals surface area contributed by atoms with Gasteiger partial charge in [-0.1, -0.05) is 149 Å². The van der Waals surface area contributed by atoms with Crippen LogP contribution in [-0.4, -0.2) is 32.0 Å². The van der Waals surface area contributed by atoms with Crippen LogP contribution in [0.3, 0.4) is 0 Å². The predicted octanol–water partition coefficient (Wildman–Crippen LogP) is 5.18. The molecule has 0 aliphatic rings. The molecular weight excluding hydrogens is 525 g/mol. The smallest absolute Gasteiger partial charge is 0.258 e. The maximum absolute atomic E-state index is 13.4. The third-order valence-corrected chi connectivity index (χ3v) is 17.9. The van der Waals surface area contributed by atoms with Crippen molar-refractivity contribution in [2.24, 2.45) is 0 Å². The molecule has 0 heterocycles. The van der Waals surface area contributed by atoms with Gasteiger partial charge in [-0.05, 0) is 43.7 Å². The van der Waals surface area contributed by atoms with Crippen LogP contribution in [0, 0.1) is 0 Å². The molecule has 2 N–H and O–H groups in total. The second-order valence-electron chi connectivity index (χ2n) is 12.2. The third kappa shape index (κ3) is 5.84. The Bertz CT molecular complexity index is 1190. The fraction of sp³-hybridized carbons (Fsp3) is 0.286. The second kappa shape index (κ2) is 12.2. The van der Waals surface area contributed by atoms with Crippen molar-refractivity contribution in [3.8, 4) is 0 Å². The predicted molar refractivity (Wildman–Crippen MR) is 172 cm³/mol. The molecule has 0 saturated carbocycles. The first-order chi connectivity index (χ1) is 19.0. The molecule has 0 bridgehead atoms. The molecule has 0 amide bonds. The van der Waals surface area contributed by atoms with Gasteiger partial charge in [0.25, 0.3) is 16.6 Å². The summed E-state index contributed by atoms with van der Waals surface area (Å²) in [7, 11) is -6.32. The molecular formula is C35H42O3Si2. The molecule has 0 aliphatic heterocycles. The lowest BCUT2D eigenvalue weighted by Crippen LogP contribution is -2.65. The summed E-state index contributed by atoms with van der Waals surface area (Å²) in [4.78, 5) is 38.2. The second-order valence-corrected chi connectivity index (χ2v) is 20.0. The average Bonchev–Trinajstić information content (AvgIpc) is 2.99. The molecule has 208 valence electrons. The van der Waals surface area contributed by atoms with Crippen LogP contribution in [0.4, 0.5) is 0 Å². The van der Waals surface area contributed by atoms with Gasteiger partial charge in [0.15, 0.2) is 0 Å². The van der Waals surface area contributed by atoms with E-state index in [1.54, 1.807) is 0 Å². The topological polar surface area (TPSA) is 57.5 Å². The number of benzene rings is 4. The van der Waals surface area contributed by atoms with Gasteiger partial charge in [0.2, 0.25) is 0 Å². The molecule has 0 fully saturated rings. The van der Waals surface area contributed by atoms with Crippen molar-refractivity contribution in [2.75, 3.05) is 0 Å². The first-order valence-electron chi connectivity index (χ1n) is 14.2. The highest BCUT2D eigenvalue weighted by molar-refractivity contribution is 6.99. The van der Waals surface area contributed by atoms with Crippen molar-refractivity contribution in [1.29, 1.82) is 0 Å². The van der Waals surface area contributed by atoms with E-state index in [0.29, 0.717) is 25.7 Å². The van der Waals surface area contributed by atoms with Crippen molar-refractivity contribution in [3.63, 3.8) is 0 Å². The highest BCUT2D eigenvalue weighted by atomic mass is 28.4. The van der Waals surface area contributed by atoms with Crippen molar-refractivity contribution < 1.29 is 14.4 Å². The minimum Gasteiger partial charge on any atom is -0.424 e. The molecule has 4 aromatic rings. The number of carbonyl (C=O) groups is 1. The summed E-state index contributed by atoms with van der Waals surface area (Å²) in [5, 5.41) is 2.90. The van der Waals surface area contributed by atoms with E-state index in [-0.39, 0.29) is 5.78 Å². The largest absolute Gasteiger partial charge is 0.424 e. The molecule has 0 saturated heterocycles. The van der Waals surface area contributed by atoms with E-state index in [0.717, 1.165) is 20.7 Å². The Kier molecular flexibility index (Phi) is 9.10. The Morgan fingerprint density at radius 2 is 0.725 bits per heavy atom. The van der Waals surface area contributed by atoms with Gasteiger partial charge in [-0.25, -0.2) is 0 Å². The van der Waals surface area contributed by atoms with Crippen LogP contribution < -0.4 is 20.7 Å². The van der Waals surface area contributed by atoms with E-state index in [1.165, 1.54) is 0 Å². The van der Waals surface area contributed by atoms with E-state index in [4.69, 9.17) is 0 Å². The molecule has 0 aromatic heterocycles. The Morgan fingerprint density at radius 3 is 0.950 bits per heavy atom. The van der Waals surface area contributed by atoms with Gasteiger partial charge in [0, 0.05) is 12.8 Å². The highest BCUT2D eigenvalue weighted by Crippen LogP contribution is 2.42. The summed E-state index contributed by atoms with van der Waals surface area (Å²) in [6, 6.07) is 39.8. The SMILES string of the molecule is CC(C)(CCC(=O)CCC(C)(C)[Si](O)(c1ccccc1)c1ccccc1)[Si](O)(c1ccccc1)c1ccccc1. The van der Waals surface area contributed by atoms with Gasteiger partial charge >= 0.3 is 0 Å². The fourth-order valence-corrected chi connectivity index (χ4v) is 13.5. The normalized spacial score (nSPS) is 12.8. The zero-order chi connectivity index (χ0) is 28.9. The summed E-state index contributed by atoms with van der Waals surface area (Å²) in [5.41, 5.74) is 0. The van der Waals surface area contributed by atoms with Crippen LogP contribution in [-0.2, 0) is 4.79 Å². The van der Waals surface area contributed by atoms with E-state index in [1.807, 2.05) is 121 Å². The fourth-order valence-electron chi connectivity index (χ4n) is 6.00. The monoisotopic (exact) mass is 566 g/mol. The lowest BCUT2D eigenvalue weighted by Gasteiger charge is -2.42. The van der Waals surface area contributed by atoms with Gasteiger partial charge in [0.1, 0.15) is 5.78 Å². The number of hydrogen-bond acceptors (Lipinski definition) is 3. The molecule has 0 spiro atoms. The zero-order valence-electron chi connectivity index (χ0n) is 24.2. The standard InChI is InChI=1S/C35H42O3Si2/c1-34(2,39(37,30-17-9-5-10-18-30)31-19-11-6-12-20-31)27-25-29(36)26-28-35(3,4)40(38,32-21-13-7-14-22-32)33-23-15-8-16-24-33/h5-24,37-38H,25-28H2,1-4H3. The van der Waals surface area contributed by atoms with Gasteiger partial charge in [0.05, 0.1) is 0 Å². The summed E-state index contributed by atoms with van der Waals surface area (Å²) in [6.07, 6.45) is 1.99. The van der Waals surface area contributed by atoms with Crippen molar-refractivity contribution >= 4 is 43.2 Å². The molecule has 40 heavy (non-hydrogen) atoms. The molecule has 0 aliphatic carbocycles. The van der Waals surface area contributed by atoms with Gasteiger partial charge in [-0.15, -0.1) is 0 Å². The van der Waals surface area contributed by atoms with Crippen LogP contribution >= 0.6 is 0 Å². The van der Waals surface area contributed by atoms with Gasteiger partial charge in [-0.2, -0.15) is 0 Å². The molecule has 4 rings (SSSR count). The Morgan fingerprint density at radius 1 is 0.500 bits per heavy atom. The third-order valence-electron chi connectivity index (χ3n) is 8.78. The highest BCUT2D eigenvalue weighted by Gasteiger charge is 2.51. The quantitative estimate of drug-likeness (QED) is 0.232. The van der Waals surface area contributed by atoms with E-state index < -0.39 is 26.7 Å². The van der Waals surface area contributed by atoms with E-state index in [9.17, 15) is 14.4 Å². The minimum absolute atomic E-state index is 0.177. The molecule has 0 radical (unpaired) electrons. The number of hydrogen-bond donors (Lipinski definition) is 2. The molecule has 3 nitrogen and oxygen atoms in total. The van der Waals surface area contributed by atoms with Gasteiger partial charge in [-0.3, -0.25) is 4.79 Å². The summed E-state index contributed by atoms with van der Waals surface area (Å²) >= 11 is 0. The number of carbonyl (C=O) groups excluding carboxylic acids is 1. The van der Waals surface area contributed by atoms with E-state index in [2.05, 4.69) is 27.7 Å². The van der Waals surface area contributed by atoms with Crippen LogP contribution in [0.2, 0.25) is 10.1 Å². The maximum Gasteiger partial charge on any atom is 0.258 e. The molecule has 5 heteroatoms. The van der Waals surface area contributed by atoms with E-state index >= 15 is 0 Å².